The molecule has 1 amide bonds. The van der Waals surface area contributed by atoms with Crippen LogP contribution in [0.15, 0.2) is 21.9 Å². The van der Waals surface area contributed by atoms with Crippen molar-refractivity contribution in [2.45, 2.75) is 13.8 Å². The molecule has 0 aliphatic rings. The van der Waals surface area contributed by atoms with Crippen molar-refractivity contribution >= 4 is 28.2 Å². The third kappa shape index (κ3) is 2.28. The van der Waals surface area contributed by atoms with Gasteiger partial charge in [-0.25, -0.2) is 4.79 Å². The second-order valence-corrected chi connectivity index (χ2v) is 4.67. The van der Waals surface area contributed by atoms with Crippen LogP contribution in [0.1, 0.15) is 32.2 Å². The standard InChI is InChI=1S/C12H11NO4S/c1-6-5-9(7(2)17-6)10(14)13-11-8(12(15)16)3-4-18-11/h3-5H,1-2H3,(H,13,14)(H,15,16). The fraction of sp³-hybridized carbons (Fsp3) is 0.167. The van der Waals surface area contributed by atoms with Crippen molar-refractivity contribution < 1.29 is 19.1 Å². The van der Waals surface area contributed by atoms with Crippen LogP contribution in [0.2, 0.25) is 0 Å². The quantitative estimate of drug-likeness (QED) is 0.894. The van der Waals surface area contributed by atoms with Gasteiger partial charge in [0, 0.05) is 0 Å². The number of furan rings is 1. The predicted molar refractivity (Wildman–Crippen MR) is 67.4 cm³/mol. The first-order valence-corrected chi connectivity index (χ1v) is 6.06. The van der Waals surface area contributed by atoms with Gasteiger partial charge < -0.3 is 14.8 Å². The van der Waals surface area contributed by atoms with E-state index in [2.05, 4.69) is 5.32 Å². The highest BCUT2D eigenvalue weighted by molar-refractivity contribution is 7.14. The minimum absolute atomic E-state index is 0.0891. The van der Waals surface area contributed by atoms with Crippen molar-refractivity contribution in [2.24, 2.45) is 0 Å². The normalized spacial score (nSPS) is 10.3. The lowest BCUT2D eigenvalue weighted by Gasteiger charge is -2.02. The van der Waals surface area contributed by atoms with Gasteiger partial charge in [0.25, 0.3) is 5.91 Å². The Morgan fingerprint density at radius 3 is 2.61 bits per heavy atom. The van der Waals surface area contributed by atoms with Crippen molar-refractivity contribution in [3.8, 4) is 0 Å². The Balaban J connectivity index is 2.24. The number of carbonyl (C=O) groups excluding carboxylic acids is 1. The molecular formula is C12H11NO4S. The number of rotatable bonds is 3. The molecule has 2 aromatic rings. The van der Waals surface area contributed by atoms with Crippen molar-refractivity contribution in [1.29, 1.82) is 0 Å². The molecule has 94 valence electrons. The van der Waals surface area contributed by atoms with Gasteiger partial charge >= 0.3 is 5.97 Å². The zero-order valence-corrected chi connectivity index (χ0v) is 10.6. The van der Waals surface area contributed by atoms with Crippen LogP contribution in [0.5, 0.6) is 0 Å². The Bertz CT molecular complexity index is 611. The molecule has 2 aromatic heterocycles. The number of hydrogen-bond donors (Lipinski definition) is 2. The molecule has 0 saturated carbocycles. The number of nitrogens with one attached hydrogen (secondary N) is 1. The largest absolute Gasteiger partial charge is 0.478 e. The maximum absolute atomic E-state index is 12.0. The number of aryl methyl sites for hydroxylation is 2. The summed E-state index contributed by atoms with van der Waals surface area (Å²) in [4.78, 5) is 22.9. The van der Waals surface area contributed by atoms with Gasteiger partial charge in [-0.1, -0.05) is 0 Å². The maximum atomic E-state index is 12.0. The molecule has 5 nitrogen and oxygen atoms in total. The van der Waals surface area contributed by atoms with E-state index in [4.69, 9.17) is 9.52 Å². The van der Waals surface area contributed by atoms with Crippen LogP contribution in [0.3, 0.4) is 0 Å². The summed E-state index contributed by atoms with van der Waals surface area (Å²) in [6.07, 6.45) is 0. The van der Waals surface area contributed by atoms with Crippen molar-refractivity contribution in [3.63, 3.8) is 0 Å². The molecule has 0 bridgehead atoms. The van der Waals surface area contributed by atoms with E-state index < -0.39 is 5.97 Å². The number of hydrogen-bond acceptors (Lipinski definition) is 4. The van der Waals surface area contributed by atoms with Gasteiger partial charge in [0.2, 0.25) is 0 Å². The first-order valence-electron chi connectivity index (χ1n) is 5.18. The van der Waals surface area contributed by atoms with Gasteiger partial charge in [-0.3, -0.25) is 4.79 Å². The lowest BCUT2D eigenvalue weighted by atomic mass is 10.2. The molecule has 0 radical (unpaired) electrons. The first-order chi connectivity index (χ1) is 8.49. The van der Waals surface area contributed by atoms with Crippen molar-refractivity contribution in [2.75, 3.05) is 5.32 Å². The molecule has 0 fully saturated rings. The molecule has 6 heteroatoms. The molecular weight excluding hydrogens is 254 g/mol. The number of aromatic carboxylic acids is 1. The second kappa shape index (κ2) is 4.66. The second-order valence-electron chi connectivity index (χ2n) is 3.75. The number of anilines is 1. The number of carboxylic acid groups (broad SMARTS) is 1. The van der Waals surface area contributed by atoms with Gasteiger partial charge in [0.05, 0.1) is 11.1 Å². The van der Waals surface area contributed by atoms with Gasteiger partial charge in [-0.15, -0.1) is 11.3 Å². The molecule has 0 atom stereocenters. The fourth-order valence-electron chi connectivity index (χ4n) is 1.60. The summed E-state index contributed by atoms with van der Waals surface area (Å²) in [7, 11) is 0. The van der Waals surface area contributed by atoms with E-state index in [1.165, 1.54) is 17.4 Å². The van der Waals surface area contributed by atoms with E-state index in [0.29, 0.717) is 22.1 Å². The van der Waals surface area contributed by atoms with Crippen molar-refractivity contribution in [1.82, 2.24) is 0 Å². The zero-order valence-electron chi connectivity index (χ0n) is 9.81. The average molecular weight is 265 g/mol. The highest BCUT2D eigenvalue weighted by Gasteiger charge is 2.18. The summed E-state index contributed by atoms with van der Waals surface area (Å²) < 4.78 is 5.26. The summed E-state index contributed by atoms with van der Waals surface area (Å²) in [6, 6.07) is 3.08. The van der Waals surface area contributed by atoms with E-state index in [9.17, 15) is 9.59 Å². The third-order valence-electron chi connectivity index (χ3n) is 2.41. The molecule has 0 aliphatic carbocycles. The number of carbonyl (C=O) groups is 2. The Morgan fingerprint density at radius 1 is 1.33 bits per heavy atom. The first kappa shape index (κ1) is 12.4. The lowest BCUT2D eigenvalue weighted by molar-refractivity contribution is 0.0698. The highest BCUT2D eigenvalue weighted by atomic mass is 32.1. The number of carboxylic acids is 1. The molecule has 0 spiro atoms. The zero-order chi connectivity index (χ0) is 13.3. The summed E-state index contributed by atoms with van der Waals surface area (Å²) in [5.74, 6) is -0.276. The minimum atomic E-state index is -1.06. The Kier molecular flexibility index (Phi) is 3.20. The van der Waals surface area contributed by atoms with E-state index in [1.807, 2.05) is 0 Å². The SMILES string of the molecule is Cc1cc(C(=O)Nc2sccc2C(=O)O)c(C)o1. The fourth-order valence-corrected chi connectivity index (χ4v) is 2.38. The Morgan fingerprint density at radius 2 is 2.06 bits per heavy atom. The van der Waals surface area contributed by atoms with E-state index in [1.54, 1.807) is 25.3 Å². The monoisotopic (exact) mass is 265 g/mol. The summed E-state index contributed by atoms with van der Waals surface area (Å²) in [6.45, 7) is 3.44. The average Bonchev–Trinajstić information content (AvgIpc) is 2.85. The van der Waals surface area contributed by atoms with Crippen LogP contribution in [0, 0.1) is 13.8 Å². The van der Waals surface area contributed by atoms with E-state index in [0.717, 1.165) is 0 Å². The molecule has 0 aliphatic heterocycles. The molecule has 0 unspecified atom stereocenters. The highest BCUT2D eigenvalue weighted by Crippen LogP contribution is 2.24. The van der Waals surface area contributed by atoms with Crippen LogP contribution in [-0.4, -0.2) is 17.0 Å². The lowest BCUT2D eigenvalue weighted by Crippen LogP contribution is -2.13. The minimum Gasteiger partial charge on any atom is -0.478 e. The van der Waals surface area contributed by atoms with Gasteiger partial charge in [0.1, 0.15) is 16.5 Å². The molecule has 18 heavy (non-hydrogen) atoms. The van der Waals surface area contributed by atoms with Gasteiger partial charge in [-0.05, 0) is 31.4 Å². The smallest absolute Gasteiger partial charge is 0.338 e. The van der Waals surface area contributed by atoms with Crippen LogP contribution in [0.25, 0.3) is 0 Å². The van der Waals surface area contributed by atoms with Crippen LogP contribution in [0.4, 0.5) is 5.00 Å². The molecule has 2 heterocycles. The Labute approximate surface area is 107 Å². The van der Waals surface area contributed by atoms with Gasteiger partial charge in [0.15, 0.2) is 0 Å². The number of amides is 1. The molecule has 2 rings (SSSR count). The topological polar surface area (TPSA) is 79.5 Å². The summed E-state index contributed by atoms with van der Waals surface area (Å²) >= 11 is 1.17. The summed E-state index contributed by atoms with van der Waals surface area (Å²) in [5, 5.41) is 13.5. The summed E-state index contributed by atoms with van der Waals surface area (Å²) in [5.41, 5.74) is 0.503. The third-order valence-corrected chi connectivity index (χ3v) is 3.24. The number of thiophene rings is 1. The van der Waals surface area contributed by atoms with Crippen molar-refractivity contribution in [3.05, 3.63) is 40.2 Å². The van der Waals surface area contributed by atoms with Crippen LogP contribution < -0.4 is 5.32 Å². The van der Waals surface area contributed by atoms with E-state index >= 15 is 0 Å². The molecule has 2 N–H and O–H groups in total. The Hall–Kier alpha value is -2.08. The van der Waals surface area contributed by atoms with Gasteiger partial charge in [-0.2, -0.15) is 0 Å². The van der Waals surface area contributed by atoms with E-state index in [-0.39, 0.29) is 11.5 Å². The molecule has 0 aromatic carbocycles. The predicted octanol–water partition coefficient (Wildman–Crippen LogP) is 2.91. The molecule has 0 saturated heterocycles. The maximum Gasteiger partial charge on any atom is 0.338 e. The van der Waals surface area contributed by atoms with Crippen LogP contribution in [-0.2, 0) is 0 Å². The van der Waals surface area contributed by atoms with Crippen LogP contribution >= 0.6 is 11.3 Å².